The fraction of sp³-hybridized carbons (Fsp3) is 0.455. The number of anilines is 1. The third-order valence-corrected chi connectivity index (χ3v) is 5.32. The summed E-state index contributed by atoms with van der Waals surface area (Å²) in [5.74, 6) is 0.372. The van der Waals surface area contributed by atoms with Crippen molar-refractivity contribution < 1.29 is 23.5 Å². The van der Waals surface area contributed by atoms with Crippen LogP contribution in [0.2, 0.25) is 0 Å². The lowest BCUT2D eigenvalue weighted by Gasteiger charge is -2.26. The second-order valence-electron chi connectivity index (χ2n) is 7.87. The number of nitrogens with two attached hydrogens (primary N) is 1. The van der Waals surface area contributed by atoms with E-state index in [1.54, 1.807) is 4.90 Å². The minimum absolute atomic E-state index is 0.0524. The molecular formula is C22H28FN5O4. The summed E-state index contributed by atoms with van der Waals surface area (Å²) in [6.07, 6.45) is 2.90. The van der Waals surface area contributed by atoms with Crippen LogP contribution in [0.25, 0.3) is 0 Å². The van der Waals surface area contributed by atoms with E-state index in [4.69, 9.17) is 15.2 Å². The van der Waals surface area contributed by atoms with Gasteiger partial charge in [-0.25, -0.2) is 19.2 Å². The molecule has 0 aliphatic carbocycles. The van der Waals surface area contributed by atoms with E-state index in [0.29, 0.717) is 31.2 Å². The van der Waals surface area contributed by atoms with E-state index in [1.807, 2.05) is 25.7 Å². The molecule has 1 aromatic carbocycles. The molecule has 0 radical (unpaired) electrons. The van der Waals surface area contributed by atoms with Crippen molar-refractivity contribution in [1.29, 1.82) is 0 Å². The number of rotatable bonds is 8. The summed E-state index contributed by atoms with van der Waals surface area (Å²) in [5, 5.41) is 0. The summed E-state index contributed by atoms with van der Waals surface area (Å²) in [7, 11) is 0. The number of carbonyl (C=O) groups excluding carboxylic acids is 2. The summed E-state index contributed by atoms with van der Waals surface area (Å²) in [6.45, 7) is 7.64. The van der Waals surface area contributed by atoms with E-state index in [9.17, 15) is 14.0 Å². The largest absolute Gasteiger partial charge is 0.451 e. The SMILES string of the molecule is CCN(C(=O)c1cc(F)ccc1Oc1cncnc1N1CCC(COC(N)=O)C1)C(C)C. The van der Waals surface area contributed by atoms with Crippen LogP contribution < -0.4 is 15.4 Å². The molecule has 2 aromatic rings. The van der Waals surface area contributed by atoms with Crippen LogP contribution in [0.3, 0.4) is 0 Å². The third kappa shape index (κ3) is 5.43. The molecule has 1 aliphatic heterocycles. The van der Waals surface area contributed by atoms with E-state index in [-0.39, 0.29) is 35.8 Å². The Kier molecular flexibility index (Phi) is 7.45. The van der Waals surface area contributed by atoms with Crippen molar-refractivity contribution in [2.75, 3.05) is 31.1 Å². The van der Waals surface area contributed by atoms with Gasteiger partial charge >= 0.3 is 6.09 Å². The zero-order chi connectivity index (χ0) is 23.3. The van der Waals surface area contributed by atoms with Gasteiger partial charge in [-0.3, -0.25) is 4.79 Å². The van der Waals surface area contributed by atoms with E-state index in [0.717, 1.165) is 6.42 Å². The second kappa shape index (κ2) is 10.3. The maximum atomic E-state index is 14.0. The van der Waals surface area contributed by atoms with Crippen LogP contribution >= 0.6 is 0 Å². The van der Waals surface area contributed by atoms with Crippen LogP contribution in [0.4, 0.5) is 15.0 Å². The molecule has 2 amide bonds. The highest BCUT2D eigenvalue weighted by atomic mass is 19.1. The zero-order valence-electron chi connectivity index (χ0n) is 18.5. The summed E-state index contributed by atoms with van der Waals surface area (Å²) < 4.78 is 25.0. The lowest BCUT2D eigenvalue weighted by Crippen LogP contribution is -2.36. The number of amides is 2. The number of benzene rings is 1. The minimum Gasteiger partial charge on any atom is -0.451 e. The fourth-order valence-electron chi connectivity index (χ4n) is 3.76. The van der Waals surface area contributed by atoms with Gasteiger partial charge in [0.1, 0.15) is 17.9 Å². The molecule has 1 saturated heterocycles. The van der Waals surface area contributed by atoms with Crippen LogP contribution in [0, 0.1) is 11.7 Å². The van der Waals surface area contributed by atoms with Crippen molar-refractivity contribution in [1.82, 2.24) is 14.9 Å². The Bertz CT molecular complexity index is 971. The number of ether oxygens (including phenoxy) is 2. The molecule has 1 aliphatic rings. The Morgan fingerprint density at radius 2 is 2.12 bits per heavy atom. The first-order chi connectivity index (χ1) is 15.3. The summed E-state index contributed by atoms with van der Waals surface area (Å²) in [5.41, 5.74) is 5.18. The molecule has 1 atom stereocenters. The third-order valence-electron chi connectivity index (χ3n) is 5.32. The number of aromatic nitrogens is 2. The molecule has 10 heteroatoms. The predicted molar refractivity (Wildman–Crippen MR) is 116 cm³/mol. The van der Waals surface area contributed by atoms with Crippen LogP contribution in [0.1, 0.15) is 37.6 Å². The monoisotopic (exact) mass is 445 g/mol. The van der Waals surface area contributed by atoms with E-state index in [2.05, 4.69) is 9.97 Å². The lowest BCUT2D eigenvalue weighted by atomic mass is 10.1. The molecule has 32 heavy (non-hydrogen) atoms. The van der Waals surface area contributed by atoms with Crippen LogP contribution in [0.15, 0.2) is 30.7 Å². The maximum Gasteiger partial charge on any atom is 0.404 e. The summed E-state index contributed by atoms with van der Waals surface area (Å²) in [6, 6.07) is 3.80. The molecule has 3 rings (SSSR count). The zero-order valence-corrected chi connectivity index (χ0v) is 18.5. The molecule has 2 heterocycles. The molecule has 9 nitrogen and oxygen atoms in total. The highest BCUT2D eigenvalue weighted by Crippen LogP contribution is 2.35. The molecule has 0 saturated carbocycles. The number of primary amides is 1. The number of hydrogen-bond donors (Lipinski definition) is 1. The van der Waals surface area contributed by atoms with Gasteiger partial charge in [-0.05, 0) is 45.4 Å². The van der Waals surface area contributed by atoms with E-state index in [1.165, 1.54) is 30.7 Å². The Labute approximate surface area is 186 Å². The Morgan fingerprint density at radius 3 is 2.81 bits per heavy atom. The first-order valence-corrected chi connectivity index (χ1v) is 10.6. The first kappa shape index (κ1) is 23.2. The van der Waals surface area contributed by atoms with Gasteiger partial charge in [-0.2, -0.15) is 0 Å². The van der Waals surface area contributed by atoms with Gasteiger partial charge in [0.15, 0.2) is 11.6 Å². The first-order valence-electron chi connectivity index (χ1n) is 10.6. The fourth-order valence-corrected chi connectivity index (χ4v) is 3.76. The molecule has 2 N–H and O–H groups in total. The molecule has 1 aromatic heterocycles. The lowest BCUT2D eigenvalue weighted by molar-refractivity contribution is 0.0713. The van der Waals surface area contributed by atoms with Crippen molar-refractivity contribution in [3.8, 4) is 11.5 Å². The number of hydrogen-bond acceptors (Lipinski definition) is 7. The van der Waals surface area contributed by atoms with Gasteiger partial charge in [0, 0.05) is 31.6 Å². The van der Waals surface area contributed by atoms with Gasteiger partial charge in [-0.1, -0.05) is 0 Å². The highest BCUT2D eigenvalue weighted by Gasteiger charge is 2.28. The van der Waals surface area contributed by atoms with E-state index >= 15 is 0 Å². The van der Waals surface area contributed by atoms with Gasteiger partial charge in [-0.15, -0.1) is 0 Å². The van der Waals surface area contributed by atoms with Crippen LogP contribution in [-0.4, -0.2) is 59.2 Å². The Balaban J connectivity index is 1.85. The van der Waals surface area contributed by atoms with Crippen molar-refractivity contribution in [2.24, 2.45) is 11.7 Å². The molecular weight excluding hydrogens is 417 g/mol. The maximum absolute atomic E-state index is 14.0. The van der Waals surface area contributed by atoms with Gasteiger partial charge < -0.3 is 25.0 Å². The molecule has 1 fully saturated rings. The normalized spacial score (nSPS) is 15.7. The number of nitrogens with zero attached hydrogens (tertiary/aromatic N) is 4. The highest BCUT2D eigenvalue weighted by molar-refractivity contribution is 5.97. The smallest absolute Gasteiger partial charge is 0.404 e. The van der Waals surface area contributed by atoms with Crippen molar-refractivity contribution in [3.63, 3.8) is 0 Å². The number of halogens is 1. The average Bonchev–Trinajstić information content (AvgIpc) is 3.23. The van der Waals surface area contributed by atoms with Crippen molar-refractivity contribution in [2.45, 2.75) is 33.2 Å². The Hall–Kier alpha value is -3.43. The van der Waals surface area contributed by atoms with Crippen LogP contribution in [-0.2, 0) is 4.74 Å². The Morgan fingerprint density at radius 1 is 1.34 bits per heavy atom. The number of carbonyl (C=O) groups is 2. The van der Waals surface area contributed by atoms with Gasteiger partial charge in [0.2, 0.25) is 0 Å². The van der Waals surface area contributed by atoms with Crippen molar-refractivity contribution >= 4 is 17.8 Å². The molecule has 172 valence electrons. The summed E-state index contributed by atoms with van der Waals surface area (Å²) >= 11 is 0. The standard InChI is InChI=1S/C22H28FN5O4/c1-4-28(14(2)3)21(29)17-9-16(23)5-6-18(17)32-19-10-25-13-26-20(19)27-8-7-15(11-27)12-31-22(24)30/h5-6,9-10,13-15H,4,7-8,11-12H2,1-3H3,(H2,24,30). The molecule has 1 unspecified atom stereocenters. The summed E-state index contributed by atoms with van der Waals surface area (Å²) in [4.78, 5) is 36.0. The van der Waals surface area contributed by atoms with Crippen LogP contribution in [0.5, 0.6) is 11.5 Å². The minimum atomic E-state index is -0.800. The quantitative estimate of drug-likeness (QED) is 0.664. The van der Waals surface area contributed by atoms with Gasteiger partial charge in [0.25, 0.3) is 5.91 Å². The molecule has 0 spiro atoms. The second-order valence-corrected chi connectivity index (χ2v) is 7.87. The van der Waals surface area contributed by atoms with E-state index < -0.39 is 11.9 Å². The molecule has 0 bridgehead atoms. The van der Waals surface area contributed by atoms with Gasteiger partial charge in [0.05, 0.1) is 18.4 Å². The van der Waals surface area contributed by atoms with Crippen molar-refractivity contribution in [3.05, 3.63) is 42.1 Å². The predicted octanol–water partition coefficient (Wildman–Crippen LogP) is 3.20. The topological polar surface area (TPSA) is 111 Å². The average molecular weight is 445 g/mol.